The van der Waals surface area contributed by atoms with Gasteiger partial charge in [0.2, 0.25) is 5.91 Å². The second kappa shape index (κ2) is 8.85. The minimum absolute atomic E-state index is 0. The minimum Gasteiger partial charge on any atom is -0.355 e. The number of nitrogens with one attached hydrogen (secondary N) is 3. The van der Waals surface area contributed by atoms with Crippen LogP contribution in [0.2, 0.25) is 0 Å². The summed E-state index contributed by atoms with van der Waals surface area (Å²) >= 11 is 0. The molecule has 4 aromatic rings. The van der Waals surface area contributed by atoms with Gasteiger partial charge in [0.15, 0.2) is 0 Å². The first kappa shape index (κ1) is 20.4. The van der Waals surface area contributed by atoms with Crippen LogP contribution in [0.15, 0.2) is 42.9 Å². The van der Waals surface area contributed by atoms with E-state index in [1.165, 1.54) is 0 Å². The van der Waals surface area contributed by atoms with Crippen molar-refractivity contribution in [2.45, 2.75) is 19.3 Å². The number of rotatable bonds is 5. The van der Waals surface area contributed by atoms with Crippen LogP contribution in [0.4, 0.5) is 0 Å². The molecule has 8 nitrogen and oxygen atoms in total. The number of carbonyl (C=O) groups is 1. The number of pyridine rings is 1. The molecule has 9 heteroatoms. The lowest BCUT2D eigenvalue weighted by Gasteiger charge is -2.21. The number of nitrogens with zero attached hydrogens (tertiary/aromatic N) is 4. The Morgan fingerprint density at radius 3 is 3.03 bits per heavy atom. The number of carbonyl (C=O) groups excluding carboxylic acids is 1. The molecule has 1 amide bonds. The zero-order valence-electron chi connectivity index (χ0n) is 16.6. The Labute approximate surface area is 180 Å². The minimum atomic E-state index is 0. The molecule has 1 atom stereocenters. The molecule has 5 heterocycles. The Morgan fingerprint density at radius 2 is 2.17 bits per heavy atom. The highest BCUT2D eigenvalue weighted by atomic mass is 32.1. The lowest BCUT2D eigenvalue weighted by Crippen LogP contribution is -2.41. The van der Waals surface area contributed by atoms with Crippen LogP contribution in [-0.4, -0.2) is 50.3 Å². The van der Waals surface area contributed by atoms with Crippen LogP contribution in [0.5, 0.6) is 0 Å². The molecule has 0 bridgehead atoms. The Morgan fingerprint density at radius 1 is 1.23 bits per heavy atom. The quantitative estimate of drug-likeness (QED) is 0.456. The summed E-state index contributed by atoms with van der Waals surface area (Å²) in [6, 6.07) is 8.03. The van der Waals surface area contributed by atoms with Crippen molar-refractivity contribution in [1.29, 1.82) is 0 Å². The van der Waals surface area contributed by atoms with Gasteiger partial charge in [0.05, 0.1) is 17.6 Å². The average molecular weight is 424 g/mol. The summed E-state index contributed by atoms with van der Waals surface area (Å²) in [5, 5.41) is 16.0. The smallest absolute Gasteiger partial charge is 0.224 e. The van der Waals surface area contributed by atoms with Gasteiger partial charge in [-0.25, -0.2) is 4.98 Å². The maximum absolute atomic E-state index is 12.3. The number of hydrogen-bond acceptors (Lipinski definition) is 5. The fraction of sp³-hybridized carbons (Fsp3) is 0.333. The molecule has 3 N–H and O–H groups in total. The van der Waals surface area contributed by atoms with Crippen molar-refractivity contribution < 1.29 is 4.79 Å². The molecule has 30 heavy (non-hydrogen) atoms. The van der Waals surface area contributed by atoms with Gasteiger partial charge in [-0.15, -0.1) is 0 Å². The summed E-state index contributed by atoms with van der Waals surface area (Å²) in [7, 11) is 0. The zero-order chi connectivity index (χ0) is 19.6. The third-order valence-corrected chi connectivity index (χ3v) is 5.54. The van der Waals surface area contributed by atoms with E-state index in [0.717, 1.165) is 65.7 Å². The lowest BCUT2D eigenvalue weighted by atomic mass is 9.99. The molecule has 0 unspecified atom stereocenters. The molecule has 0 aliphatic carbocycles. The highest BCUT2D eigenvalue weighted by Gasteiger charge is 2.20. The summed E-state index contributed by atoms with van der Waals surface area (Å²) in [6.45, 7) is 2.40. The molecule has 5 rings (SSSR count). The van der Waals surface area contributed by atoms with Gasteiger partial charge in [0.25, 0.3) is 0 Å². The second-order valence-electron chi connectivity index (χ2n) is 7.46. The van der Waals surface area contributed by atoms with E-state index < -0.39 is 0 Å². The standard InChI is InChI=1S/C21H23N7O.H2S/c29-21(14-3-1-7-22-12-14)24-9-5-15-11-17-16(6-10-23-20(17)27-15)18-13-26-28-19(18)4-2-8-25-28;/h2,4,6,8,10-11,13-14,22H,1,3,5,7,9,12H2,(H,23,27)(H,24,29);1H2/t14-;/m0./s1. The van der Waals surface area contributed by atoms with Crippen LogP contribution < -0.4 is 10.6 Å². The van der Waals surface area contributed by atoms with E-state index in [1.54, 1.807) is 17.0 Å². The van der Waals surface area contributed by atoms with Gasteiger partial charge in [-0.05, 0) is 49.2 Å². The van der Waals surface area contributed by atoms with Crippen LogP contribution in [0.3, 0.4) is 0 Å². The predicted molar refractivity (Wildman–Crippen MR) is 121 cm³/mol. The third kappa shape index (κ3) is 3.90. The van der Waals surface area contributed by atoms with Gasteiger partial charge in [0.1, 0.15) is 5.65 Å². The summed E-state index contributed by atoms with van der Waals surface area (Å²) in [4.78, 5) is 20.2. The molecule has 0 saturated carbocycles. The Bertz CT molecular complexity index is 1160. The van der Waals surface area contributed by atoms with E-state index in [0.29, 0.717) is 6.54 Å². The molecule has 0 spiro atoms. The summed E-state index contributed by atoms with van der Waals surface area (Å²) < 4.78 is 1.63. The van der Waals surface area contributed by atoms with Gasteiger partial charge in [-0.3, -0.25) is 4.79 Å². The van der Waals surface area contributed by atoms with Crippen molar-refractivity contribution >= 4 is 36.0 Å². The number of piperidine rings is 1. The largest absolute Gasteiger partial charge is 0.355 e. The number of hydrogen-bond donors (Lipinski definition) is 3. The topological polar surface area (TPSA) is 100 Å². The summed E-state index contributed by atoms with van der Waals surface area (Å²) in [5.41, 5.74) is 4.93. The third-order valence-electron chi connectivity index (χ3n) is 5.54. The first-order chi connectivity index (χ1) is 14.3. The maximum Gasteiger partial charge on any atom is 0.224 e. The van der Waals surface area contributed by atoms with E-state index in [4.69, 9.17) is 0 Å². The van der Waals surface area contributed by atoms with Crippen molar-refractivity contribution in [3.05, 3.63) is 48.5 Å². The predicted octanol–water partition coefficient (Wildman–Crippen LogP) is 2.04. The molecule has 156 valence electrons. The highest BCUT2D eigenvalue weighted by molar-refractivity contribution is 7.59. The monoisotopic (exact) mass is 423 g/mol. The number of fused-ring (bicyclic) bond motifs is 2. The van der Waals surface area contributed by atoms with Crippen LogP contribution in [0, 0.1) is 5.92 Å². The van der Waals surface area contributed by atoms with Crippen molar-refractivity contribution in [2.24, 2.45) is 5.92 Å². The number of H-pyrrole nitrogens is 1. The SMILES string of the molecule is O=C(NCCc1cc2c(-c3cnn4ncccc34)ccnc2[nH]1)[C@H]1CCCNC1.S. The van der Waals surface area contributed by atoms with Crippen LogP contribution in [0.25, 0.3) is 27.7 Å². The highest BCUT2D eigenvalue weighted by Crippen LogP contribution is 2.30. The normalized spacial score (nSPS) is 16.5. The number of aromatic amines is 1. The van der Waals surface area contributed by atoms with Crippen LogP contribution in [0.1, 0.15) is 18.5 Å². The Balaban J connectivity index is 0.00000218. The molecular formula is C21H25N7OS. The Kier molecular flexibility index (Phi) is 6.01. The average Bonchev–Trinajstić information content (AvgIpc) is 3.38. The molecule has 0 aromatic carbocycles. The van der Waals surface area contributed by atoms with E-state index in [1.807, 2.05) is 24.4 Å². The second-order valence-corrected chi connectivity index (χ2v) is 7.46. The number of aromatic nitrogens is 5. The van der Waals surface area contributed by atoms with Crippen molar-refractivity contribution in [3.63, 3.8) is 0 Å². The van der Waals surface area contributed by atoms with Crippen molar-refractivity contribution in [1.82, 2.24) is 35.4 Å². The molecule has 1 saturated heterocycles. The fourth-order valence-corrected chi connectivity index (χ4v) is 4.03. The van der Waals surface area contributed by atoms with E-state index in [2.05, 4.69) is 36.9 Å². The van der Waals surface area contributed by atoms with E-state index >= 15 is 0 Å². The maximum atomic E-state index is 12.3. The fourth-order valence-electron chi connectivity index (χ4n) is 4.03. The van der Waals surface area contributed by atoms with Gasteiger partial charge in [-0.2, -0.15) is 28.3 Å². The molecule has 1 aliphatic heterocycles. The zero-order valence-corrected chi connectivity index (χ0v) is 17.6. The summed E-state index contributed by atoms with van der Waals surface area (Å²) in [5.74, 6) is 0.231. The first-order valence-corrected chi connectivity index (χ1v) is 10.0. The van der Waals surface area contributed by atoms with Gasteiger partial charge < -0.3 is 15.6 Å². The molecule has 4 aromatic heterocycles. The first-order valence-electron chi connectivity index (χ1n) is 10.0. The van der Waals surface area contributed by atoms with Crippen LogP contribution >= 0.6 is 13.5 Å². The van der Waals surface area contributed by atoms with Gasteiger partial charge in [0, 0.05) is 48.5 Å². The van der Waals surface area contributed by atoms with Crippen molar-refractivity contribution in [3.8, 4) is 11.1 Å². The molecule has 1 aliphatic rings. The van der Waals surface area contributed by atoms with E-state index in [-0.39, 0.29) is 25.3 Å². The number of amides is 1. The van der Waals surface area contributed by atoms with E-state index in [9.17, 15) is 4.79 Å². The molecular weight excluding hydrogens is 398 g/mol. The van der Waals surface area contributed by atoms with Crippen LogP contribution in [-0.2, 0) is 11.2 Å². The van der Waals surface area contributed by atoms with Gasteiger partial charge >= 0.3 is 0 Å². The van der Waals surface area contributed by atoms with Crippen molar-refractivity contribution in [2.75, 3.05) is 19.6 Å². The lowest BCUT2D eigenvalue weighted by molar-refractivity contribution is -0.125. The molecule has 0 radical (unpaired) electrons. The molecule has 1 fully saturated rings. The van der Waals surface area contributed by atoms with Gasteiger partial charge in [-0.1, -0.05) is 0 Å². The summed E-state index contributed by atoms with van der Waals surface area (Å²) in [6.07, 6.45) is 8.12. The Hall–Kier alpha value is -2.91.